The van der Waals surface area contributed by atoms with Gasteiger partial charge in [-0.15, -0.1) is 0 Å². The fourth-order valence-corrected chi connectivity index (χ4v) is 3.47. The lowest BCUT2D eigenvalue weighted by atomic mass is 10.1. The minimum atomic E-state index is -0.190. The maximum absolute atomic E-state index is 13.1. The van der Waals surface area contributed by atoms with Gasteiger partial charge in [-0.25, -0.2) is 14.4 Å². The Bertz CT molecular complexity index is 867. The number of aryl methyl sites for hydroxylation is 1. The molecule has 0 amide bonds. The highest BCUT2D eigenvalue weighted by Gasteiger charge is 2.24. The number of hydrogen-bond acceptors (Lipinski definition) is 5. The number of benzene rings is 1. The number of nitrogens with zero attached hydrogens (tertiary/aromatic N) is 6. The van der Waals surface area contributed by atoms with Gasteiger partial charge in [0.05, 0.1) is 11.6 Å². The van der Waals surface area contributed by atoms with Crippen LogP contribution in [-0.2, 0) is 7.05 Å². The number of anilines is 1. The fourth-order valence-electron chi connectivity index (χ4n) is 3.47. The van der Waals surface area contributed by atoms with Crippen molar-refractivity contribution in [3.8, 4) is 0 Å². The van der Waals surface area contributed by atoms with Crippen LogP contribution in [-0.4, -0.2) is 50.8 Å². The zero-order chi connectivity index (χ0) is 17.4. The Hall–Kier alpha value is -2.54. The van der Waals surface area contributed by atoms with Crippen LogP contribution in [0.4, 0.5) is 10.2 Å². The van der Waals surface area contributed by atoms with Crippen molar-refractivity contribution in [1.29, 1.82) is 0 Å². The smallest absolute Gasteiger partial charge is 0.163 e. The van der Waals surface area contributed by atoms with Crippen molar-refractivity contribution in [3.63, 3.8) is 0 Å². The second-order valence-corrected chi connectivity index (χ2v) is 6.45. The van der Waals surface area contributed by atoms with Gasteiger partial charge in [0.15, 0.2) is 5.65 Å². The van der Waals surface area contributed by atoms with E-state index in [0.29, 0.717) is 0 Å². The largest absolute Gasteiger partial charge is 0.353 e. The second-order valence-electron chi connectivity index (χ2n) is 6.45. The van der Waals surface area contributed by atoms with Gasteiger partial charge in [-0.05, 0) is 24.6 Å². The molecule has 0 aliphatic carbocycles. The summed E-state index contributed by atoms with van der Waals surface area (Å²) in [6.07, 6.45) is 3.44. The van der Waals surface area contributed by atoms with E-state index in [2.05, 4.69) is 31.8 Å². The predicted molar refractivity (Wildman–Crippen MR) is 94.9 cm³/mol. The van der Waals surface area contributed by atoms with Gasteiger partial charge in [-0.3, -0.25) is 9.58 Å². The van der Waals surface area contributed by atoms with Crippen molar-refractivity contribution in [3.05, 3.63) is 48.2 Å². The summed E-state index contributed by atoms with van der Waals surface area (Å²) in [6.45, 7) is 5.83. The molecule has 1 atom stereocenters. The highest BCUT2D eigenvalue weighted by Crippen LogP contribution is 2.26. The van der Waals surface area contributed by atoms with Gasteiger partial charge in [0, 0.05) is 39.3 Å². The molecule has 0 N–H and O–H groups in total. The molecule has 0 bridgehead atoms. The second kappa shape index (κ2) is 6.40. The summed E-state index contributed by atoms with van der Waals surface area (Å²) in [7, 11) is 1.89. The minimum Gasteiger partial charge on any atom is -0.353 e. The zero-order valence-corrected chi connectivity index (χ0v) is 14.4. The van der Waals surface area contributed by atoms with E-state index in [1.165, 1.54) is 12.1 Å². The Labute approximate surface area is 145 Å². The quantitative estimate of drug-likeness (QED) is 0.733. The van der Waals surface area contributed by atoms with Crippen LogP contribution in [0.1, 0.15) is 18.5 Å². The van der Waals surface area contributed by atoms with E-state index in [1.54, 1.807) is 11.0 Å². The van der Waals surface area contributed by atoms with Crippen LogP contribution in [0.2, 0.25) is 0 Å². The van der Waals surface area contributed by atoms with E-state index in [9.17, 15) is 4.39 Å². The van der Waals surface area contributed by atoms with Crippen LogP contribution in [0.15, 0.2) is 36.8 Å². The molecule has 3 heterocycles. The Morgan fingerprint density at radius 2 is 1.76 bits per heavy atom. The van der Waals surface area contributed by atoms with E-state index in [4.69, 9.17) is 0 Å². The molecular weight excluding hydrogens is 319 g/mol. The summed E-state index contributed by atoms with van der Waals surface area (Å²) in [5, 5.41) is 5.28. The van der Waals surface area contributed by atoms with E-state index >= 15 is 0 Å². The first-order valence-corrected chi connectivity index (χ1v) is 8.50. The van der Waals surface area contributed by atoms with Crippen molar-refractivity contribution >= 4 is 16.9 Å². The highest BCUT2D eigenvalue weighted by atomic mass is 19.1. The summed E-state index contributed by atoms with van der Waals surface area (Å²) in [5.41, 5.74) is 2.00. The van der Waals surface area contributed by atoms with Crippen LogP contribution in [0.3, 0.4) is 0 Å². The van der Waals surface area contributed by atoms with E-state index in [-0.39, 0.29) is 11.9 Å². The predicted octanol–water partition coefficient (Wildman–Crippen LogP) is 2.39. The molecule has 7 heteroatoms. The van der Waals surface area contributed by atoms with Gasteiger partial charge in [0.25, 0.3) is 0 Å². The van der Waals surface area contributed by atoms with E-state index < -0.39 is 0 Å². The summed E-state index contributed by atoms with van der Waals surface area (Å²) in [4.78, 5) is 13.5. The van der Waals surface area contributed by atoms with E-state index in [0.717, 1.165) is 48.6 Å². The molecule has 130 valence electrons. The number of halogens is 1. The summed E-state index contributed by atoms with van der Waals surface area (Å²) >= 11 is 0. The molecule has 2 aromatic heterocycles. The normalized spacial score (nSPS) is 17.2. The van der Waals surface area contributed by atoms with E-state index in [1.807, 2.05) is 25.4 Å². The molecule has 3 aromatic rings. The van der Waals surface area contributed by atoms with Gasteiger partial charge >= 0.3 is 0 Å². The Morgan fingerprint density at radius 3 is 2.48 bits per heavy atom. The van der Waals surface area contributed by atoms with Crippen molar-refractivity contribution in [2.45, 2.75) is 13.0 Å². The first-order chi connectivity index (χ1) is 12.1. The molecule has 1 aliphatic rings. The van der Waals surface area contributed by atoms with Crippen LogP contribution in [0, 0.1) is 5.82 Å². The lowest BCUT2D eigenvalue weighted by Gasteiger charge is -2.38. The SMILES string of the molecule is C[C@@H](c1ccc(F)cc1)N1CCN(c2ncnc3c2cnn3C)CC1. The van der Waals surface area contributed by atoms with Crippen LogP contribution >= 0.6 is 0 Å². The number of fused-ring (bicyclic) bond motifs is 1. The van der Waals surface area contributed by atoms with Gasteiger partial charge < -0.3 is 4.90 Å². The van der Waals surface area contributed by atoms with Crippen molar-refractivity contribution in [2.24, 2.45) is 7.05 Å². The summed E-state index contributed by atoms with van der Waals surface area (Å²) in [5.74, 6) is 0.761. The minimum absolute atomic E-state index is 0.190. The average Bonchev–Trinajstić information content (AvgIpc) is 3.03. The molecule has 25 heavy (non-hydrogen) atoms. The van der Waals surface area contributed by atoms with Gasteiger partial charge in [-0.1, -0.05) is 12.1 Å². The molecule has 6 nitrogen and oxygen atoms in total. The summed E-state index contributed by atoms with van der Waals surface area (Å²) < 4.78 is 14.9. The molecule has 1 aromatic carbocycles. The maximum Gasteiger partial charge on any atom is 0.163 e. The number of rotatable bonds is 3. The molecule has 4 rings (SSSR count). The first kappa shape index (κ1) is 16.0. The van der Waals surface area contributed by atoms with Gasteiger partial charge in [0.2, 0.25) is 0 Å². The van der Waals surface area contributed by atoms with Crippen LogP contribution < -0.4 is 4.90 Å². The number of aromatic nitrogens is 4. The third kappa shape index (κ3) is 2.95. The Morgan fingerprint density at radius 1 is 1.04 bits per heavy atom. The average molecular weight is 340 g/mol. The topological polar surface area (TPSA) is 50.1 Å². The molecule has 1 saturated heterocycles. The van der Waals surface area contributed by atoms with Gasteiger partial charge in [-0.2, -0.15) is 5.10 Å². The van der Waals surface area contributed by atoms with Crippen molar-refractivity contribution in [2.75, 3.05) is 31.1 Å². The number of piperazine rings is 1. The molecular formula is C18H21FN6. The standard InChI is InChI=1S/C18H21FN6/c1-13(14-3-5-15(19)6-4-14)24-7-9-25(10-8-24)18-16-11-22-23(2)17(16)20-12-21-18/h3-6,11-13H,7-10H2,1-2H3/t13-/m0/s1. The molecule has 0 saturated carbocycles. The lowest BCUT2D eigenvalue weighted by Crippen LogP contribution is -2.47. The molecule has 1 aliphatic heterocycles. The van der Waals surface area contributed by atoms with Gasteiger partial charge in [0.1, 0.15) is 18.0 Å². The third-order valence-corrected chi connectivity index (χ3v) is 5.02. The fraction of sp³-hybridized carbons (Fsp3) is 0.389. The Kier molecular flexibility index (Phi) is 4.09. The highest BCUT2D eigenvalue weighted by molar-refractivity contribution is 5.86. The monoisotopic (exact) mass is 340 g/mol. The molecule has 0 radical (unpaired) electrons. The molecule has 1 fully saturated rings. The van der Waals surface area contributed by atoms with Crippen molar-refractivity contribution in [1.82, 2.24) is 24.6 Å². The van der Waals surface area contributed by atoms with Crippen LogP contribution in [0.5, 0.6) is 0 Å². The maximum atomic E-state index is 13.1. The zero-order valence-electron chi connectivity index (χ0n) is 14.4. The molecule has 0 unspecified atom stereocenters. The van der Waals surface area contributed by atoms with Crippen molar-refractivity contribution < 1.29 is 4.39 Å². The third-order valence-electron chi connectivity index (χ3n) is 5.02. The molecule has 0 spiro atoms. The first-order valence-electron chi connectivity index (χ1n) is 8.50. The number of hydrogen-bond donors (Lipinski definition) is 0. The lowest BCUT2D eigenvalue weighted by molar-refractivity contribution is 0.198. The van der Waals surface area contributed by atoms with Crippen LogP contribution in [0.25, 0.3) is 11.0 Å². The Balaban J connectivity index is 1.48. The summed E-state index contributed by atoms with van der Waals surface area (Å²) in [6, 6.07) is 7.07.